The normalized spacial score (nSPS) is 24.2. The van der Waals surface area contributed by atoms with E-state index in [1.165, 1.54) is 6.42 Å². The van der Waals surface area contributed by atoms with Crippen molar-refractivity contribution < 1.29 is 8.78 Å². The molecule has 1 nitrogen and oxygen atoms in total. The molecule has 1 aliphatic rings. The molecule has 0 spiro atoms. The minimum atomic E-state index is -0.770. The topological polar surface area (TPSA) is 26.0 Å². The van der Waals surface area contributed by atoms with Crippen molar-refractivity contribution in [3.8, 4) is 0 Å². The average Bonchev–Trinajstić information content (AvgIpc) is 2.35. The van der Waals surface area contributed by atoms with Crippen molar-refractivity contribution in [2.75, 3.05) is 0 Å². The van der Waals surface area contributed by atoms with Gasteiger partial charge in [-0.25, -0.2) is 8.78 Å². The van der Waals surface area contributed by atoms with Crippen LogP contribution in [0.25, 0.3) is 0 Å². The molecular weight excluding hydrogens is 244 g/mol. The van der Waals surface area contributed by atoms with Gasteiger partial charge in [-0.2, -0.15) is 0 Å². The van der Waals surface area contributed by atoms with E-state index in [0.717, 1.165) is 19.3 Å². The van der Waals surface area contributed by atoms with Crippen molar-refractivity contribution in [2.45, 2.75) is 52.5 Å². The molecular formula is C16H23F2N. The summed E-state index contributed by atoms with van der Waals surface area (Å²) in [4.78, 5) is 0. The lowest BCUT2D eigenvalue weighted by Crippen LogP contribution is -2.36. The van der Waals surface area contributed by atoms with Gasteiger partial charge >= 0.3 is 0 Å². The number of benzene rings is 1. The summed E-state index contributed by atoms with van der Waals surface area (Å²) in [5.74, 6) is -1.33. The lowest BCUT2D eigenvalue weighted by Gasteiger charge is -2.42. The highest BCUT2D eigenvalue weighted by Crippen LogP contribution is 2.46. The monoisotopic (exact) mass is 267 g/mol. The molecule has 1 aliphatic carbocycles. The molecule has 0 radical (unpaired) electrons. The Labute approximate surface area is 114 Å². The highest BCUT2D eigenvalue weighted by molar-refractivity contribution is 5.28. The van der Waals surface area contributed by atoms with E-state index in [9.17, 15) is 8.78 Å². The molecule has 2 atom stereocenters. The van der Waals surface area contributed by atoms with Crippen molar-refractivity contribution in [3.05, 3.63) is 34.9 Å². The quantitative estimate of drug-likeness (QED) is 0.839. The summed E-state index contributed by atoms with van der Waals surface area (Å²) in [6.45, 7) is 5.93. The number of rotatable bonds is 2. The van der Waals surface area contributed by atoms with Gasteiger partial charge < -0.3 is 5.73 Å². The predicted octanol–water partition coefficient (Wildman–Crippen LogP) is 4.49. The van der Waals surface area contributed by atoms with Crippen molar-refractivity contribution in [1.82, 2.24) is 0 Å². The fourth-order valence-electron chi connectivity index (χ4n) is 3.32. The Morgan fingerprint density at radius 1 is 1.21 bits per heavy atom. The first-order valence-corrected chi connectivity index (χ1v) is 7.04. The van der Waals surface area contributed by atoms with Crippen LogP contribution < -0.4 is 5.73 Å². The van der Waals surface area contributed by atoms with E-state index in [0.29, 0.717) is 11.1 Å². The van der Waals surface area contributed by atoms with E-state index in [4.69, 9.17) is 5.73 Å². The Morgan fingerprint density at radius 2 is 1.89 bits per heavy atom. The molecule has 2 unspecified atom stereocenters. The fraction of sp³-hybridized carbons (Fsp3) is 0.625. The molecule has 0 heterocycles. The summed E-state index contributed by atoms with van der Waals surface area (Å²) in [5.41, 5.74) is 7.00. The van der Waals surface area contributed by atoms with Crippen LogP contribution in [0.4, 0.5) is 8.78 Å². The number of nitrogens with two attached hydrogens (primary N) is 1. The third kappa shape index (κ3) is 2.66. The van der Waals surface area contributed by atoms with E-state index in [1.807, 2.05) is 0 Å². The lowest BCUT2D eigenvalue weighted by atomic mass is 9.65. The Balaban J connectivity index is 2.33. The molecule has 0 saturated heterocycles. The molecule has 0 amide bonds. The van der Waals surface area contributed by atoms with E-state index in [1.54, 1.807) is 19.1 Å². The molecule has 1 saturated carbocycles. The van der Waals surface area contributed by atoms with Gasteiger partial charge in [-0.1, -0.05) is 38.8 Å². The maximum atomic E-state index is 14.1. The summed E-state index contributed by atoms with van der Waals surface area (Å²) in [5, 5.41) is 0. The number of halogens is 2. The van der Waals surface area contributed by atoms with Crippen LogP contribution in [0.2, 0.25) is 0 Å². The third-order valence-corrected chi connectivity index (χ3v) is 4.69. The van der Waals surface area contributed by atoms with Crippen molar-refractivity contribution in [3.63, 3.8) is 0 Å². The van der Waals surface area contributed by atoms with Gasteiger partial charge in [0, 0.05) is 11.6 Å². The van der Waals surface area contributed by atoms with Crippen LogP contribution in [0.1, 0.15) is 56.7 Å². The Bertz CT molecular complexity index is 468. The first-order chi connectivity index (χ1) is 8.84. The van der Waals surface area contributed by atoms with Crippen LogP contribution in [0.3, 0.4) is 0 Å². The van der Waals surface area contributed by atoms with Gasteiger partial charge in [0.15, 0.2) is 11.6 Å². The smallest absolute Gasteiger partial charge is 0.163 e. The maximum absolute atomic E-state index is 14.1. The number of aryl methyl sites for hydroxylation is 1. The molecule has 3 heteroatoms. The first-order valence-electron chi connectivity index (χ1n) is 7.04. The molecule has 106 valence electrons. The second-order valence-electron chi connectivity index (χ2n) is 6.47. The van der Waals surface area contributed by atoms with E-state index >= 15 is 0 Å². The number of hydrogen-bond donors (Lipinski definition) is 1. The highest BCUT2D eigenvalue weighted by Gasteiger charge is 2.37. The van der Waals surface area contributed by atoms with Crippen LogP contribution in [-0.4, -0.2) is 0 Å². The Morgan fingerprint density at radius 3 is 2.53 bits per heavy atom. The standard InChI is InChI=1S/C16H23F2N/c1-10-7-8-11(14(18)13(10)17)15(19)12-6-4-5-9-16(12,2)3/h7-8,12,15H,4-6,9,19H2,1-3H3. The molecule has 0 bridgehead atoms. The van der Waals surface area contributed by atoms with Crippen molar-refractivity contribution in [1.29, 1.82) is 0 Å². The van der Waals surface area contributed by atoms with Crippen LogP contribution in [-0.2, 0) is 0 Å². The molecule has 0 aromatic heterocycles. The summed E-state index contributed by atoms with van der Waals surface area (Å²) < 4.78 is 27.7. The zero-order chi connectivity index (χ0) is 14.2. The second kappa shape index (κ2) is 5.20. The van der Waals surface area contributed by atoms with Gasteiger partial charge in [0.2, 0.25) is 0 Å². The zero-order valence-electron chi connectivity index (χ0n) is 12.0. The van der Waals surface area contributed by atoms with Gasteiger partial charge in [-0.15, -0.1) is 0 Å². The van der Waals surface area contributed by atoms with Gasteiger partial charge in [0.1, 0.15) is 0 Å². The summed E-state index contributed by atoms with van der Waals surface area (Å²) in [6.07, 6.45) is 4.41. The Kier molecular flexibility index (Phi) is 3.95. The second-order valence-corrected chi connectivity index (χ2v) is 6.47. The minimum absolute atomic E-state index is 0.0888. The molecule has 2 rings (SSSR count). The molecule has 19 heavy (non-hydrogen) atoms. The summed E-state index contributed by atoms with van der Waals surface area (Å²) in [7, 11) is 0. The molecule has 0 aliphatic heterocycles. The van der Waals surface area contributed by atoms with Crippen molar-refractivity contribution >= 4 is 0 Å². The largest absolute Gasteiger partial charge is 0.324 e. The third-order valence-electron chi connectivity index (χ3n) is 4.69. The van der Waals surface area contributed by atoms with Crippen LogP contribution >= 0.6 is 0 Å². The van der Waals surface area contributed by atoms with Crippen LogP contribution in [0.5, 0.6) is 0 Å². The maximum Gasteiger partial charge on any atom is 0.163 e. The van der Waals surface area contributed by atoms with Gasteiger partial charge in [-0.05, 0) is 36.7 Å². The molecule has 2 N–H and O–H groups in total. The van der Waals surface area contributed by atoms with E-state index in [2.05, 4.69) is 13.8 Å². The molecule has 1 aromatic rings. The molecule has 1 fully saturated rings. The minimum Gasteiger partial charge on any atom is -0.324 e. The van der Waals surface area contributed by atoms with Gasteiger partial charge in [0.25, 0.3) is 0 Å². The van der Waals surface area contributed by atoms with E-state index < -0.39 is 17.7 Å². The summed E-state index contributed by atoms with van der Waals surface area (Å²) in [6, 6.07) is 2.83. The van der Waals surface area contributed by atoms with Crippen LogP contribution in [0, 0.1) is 29.9 Å². The lowest BCUT2D eigenvalue weighted by molar-refractivity contribution is 0.111. The van der Waals surface area contributed by atoms with Crippen LogP contribution in [0.15, 0.2) is 12.1 Å². The predicted molar refractivity (Wildman–Crippen MR) is 73.8 cm³/mol. The highest BCUT2D eigenvalue weighted by atomic mass is 19.2. The van der Waals surface area contributed by atoms with Gasteiger partial charge in [0.05, 0.1) is 0 Å². The summed E-state index contributed by atoms with van der Waals surface area (Å²) >= 11 is 0. The fourth-order valence-corrected chi connectivity index (χ4v) is 3.32. The van der Waals surface area contributed by atoms with E-state index in [-0.39, 0.29) is 11.3 Å². The van der Waals surface area contributed by atoms with Crippen molar-refractivity contribution in [2.24, 2.45) is 17.1 Å². The SMILES string of the molecule is Cc1ccc(C(N)C2CCCCC2(C)C)c(F)c1F. The van der Waals surface area contributed by atoms with Gasteiger partial charge in [-0.3, -0.25) is 0 Å². The zero-order valence-corrected chi connectivity index (χ0v) is 12.0. The average molecular weight is 267 g/mol. The Hall–Kier alpha value is -0.960. The number of hydrogen-bond acceptors (Lipinski definition) is 1. The molecule has 1 aromatic carbocycles. The first kappa shape index (κ1) is 14.4.